The molecule has 0 amide bonds. The van der Waals surface area contributed by atoms with E-state index in [-0.39, 0.29) is 30.0 Å². The number of likely N-dealkylation sites (tertiary alicyclic amines) is 1. The minimum Gasteiger partial charge on any atom is -0.357 e. The van der Waals surface area contributed by atoms with Crippen LogP contribution in [0.2, 0.25) is 0 Å². The van der Waals surface area contributed by atoms with Crippen molar-refractivity contribution in [3.8, 4) is 0 Å². The lowest BCUT2D eigenvalue weighted by Crippen LogP contribution is -2.40. The molecule has 6 nitrogen and oxygen atoms in total. The number of rotatable bonds is 5. The highest BCUT2D eigenvalue weighted by Gasteiger charge is 2.19. The molecule has 0 saturated carbocycles. The minimum atomic E-state index is 0. The third-order valence-electron chi connectivity index (χ3n) is 3.89. The van der Waals surface area contributed by atoms with Gasteiger partial charge in [-0.3, -0.25) is 9.67 Å². The van der Waals surface area contributed by atoms with Gasteiger partial charge in [0, 0.05) is 38.4 Å². The van der Waals surface area contributed by atoms with Crippen LogP contribution in [-0.4, -0.2) is 65.8 Å². The van der Waals surface area contributed by atoms with Gasteiger partial charge >= 0.3 is 0 Å². The molecule has 1 saturated heterocycles. The van der Waals surface area contributed by atoms with Gasteiger partial charge in [0.15, 0.2) is 5.96 Å². The van der Waals surface area contributed by atoms with Gasteiger partial charge in [-0.1, -0.05) is 0 Å². The molecule has 126 valence electrons. The summed E-state index contributed by atoms with van der Waals surface area (Å²) in [5, 5.41) is 7.69. The third-order valence-corrected chi connectivity index (χ3v) is 3.89. The van der Waals surface area contributed by atoms with E-state index in [0.29, 0.717) is 0 Å². The van der Waals surface area contributed by atoms with Crippen molar-refractivity contribution in [3.05, 3.63) is 18.0 Å². The van der Waals surface area contributed by atoms with Gasteiger partial charge in [0.05, 0.1) is 18.8 Å². The molecular formula is C15H29IN6. The zero-order chi connectivity index (χ0) is 15.2. The number of nitrogens with zero attached hydrogens (tertiary/aromatic N) is 5. The lowest BCUT2D eigenvalue weighted by atomic mass is 10.1. The molecule has 1 unspecified atom stereocenters. The highest BCUT2D eigenvalue weighted by atomic mass is 127. The fourth-order valence-electron chi connectivity index (χ4n) is 2.71. The number of aliphatic imine (C=N–C) groups is 1. The third kappa shape index (κ3) is 5.12. The summed E-state index contributed by atoms with van der Waals surface area (Å²) in [6, 6.07) is 0.259. The average molecular weight is 420 g/mol. The van der Waals surface area contributed by atoms with E-state index in [9.17, 15) is 0 Å². The van der Waals surface area contributed by atoms with Crippen LogP contribution in [0.4, 0.5) is 0 Å². The van der Waals surface area contributed by atoms with Gasteiger partial charge in [0.25, 0.3) is 0 Å². The molecule has 1 N–H and O–H groups in total. The van der Waals surface area contributed by atoms with Gasteiger partial charge in [-0.25, -0.2) is 0 Å². The Kier molecular flexibility index (Phi) is 8.16. The predicted molar refractivity (Wildman–Crippen MR) is 102 cm³/mol. The van der Waals surface area contributed by atoms with Crippen molar-refractivity contribution < 1.29 is 0 Å². The Labute approximate surface area is 151 Å². The Bertz CT molecular complexity index is 464. The molecule has 1 aromatic rings. The molecular weight excluding hydrogens is 391 g/mol. The Balaban J connectivity index is 0.00000242. The molecule has 0 bridgehead atoms. The monoisotopic (exact) mass is 420 g/mol. The quantitative estimate of drug-likeness (QED) is 0.448. The first-order chi connectivity index (χ1) is 10.1. The van der Waals surface area contributed by atoms with Crippen LogP contribution in [0.1, 0.15) is 31.4 Å². The van der Waals surface area contributed by atoms with Crippen LogP contribution in [-0.2, 0) is 7.05 Å². The average Bonchev–Trinajstić information content (AvgIpc) is 3.09. The van der Waals surface area contributed by atoms with E-state index < -0.39 is 0 Å². The van der Waals surface area contributed by atoms with E-state index in [1.54, 1.807) is 0 Å². The zero-order valence-electron chi connectivity index (χ0n) is 14.1. The smallest absolute Gasteiger partial charge is 0.193 e. The molecule has 1 aliphatic rings. The summed E-state index contributed by atoms with van der Waals surface area (Å²) in [6.45, 7) is 6.01. The van der Waals surface area contributed by atoms with Gasteiger partial charge in [0.2, 0.25) is 0 Å². The van der Waals surface area contributed by atoms with Gasteiger partial charge in [-0.2, -0.15) is 5.10 Å². The molecule has 0 spiro atoms. The topological polar surface area (TPSA) is 48.7 Å². The van der Waals surface area contributed by atoms with E-state index in [2.05, 4.69) is 47.4 Å². The standard InChI is InChI=1S/C15H28N6.HI/c1-5-16-15(21-8-6-7-9-21)17-11-14(19(2)3)13-10-18-20(4)12-13;/h10,12,14H,5-9,11H2,1-4H3,(H,16,17);1H. The molecule has 1 atom stereocenters. The van der Waals surface area contributed by atoms with Crippen LogP contribution in [0.3, 0.4) is 0 Å². The first-order valence-electron chi connectivity index (χ1n) is 7.80. The van der Waals surface area contributed by atoms with Crippen molar-refractivity contribution in [2.75, 3.05) is 40.3 Å². The minimum absolute atomic E-state index is 0. The molecule has 0 aromatic carbocycles. The molecule has 7 heteroatoms. The number of guanidine groups is 1. The van der Waals surface area contributed by atoms with Crippen LogP contribution in [0, 0.1) is 0 Å². The molecule has 2 rings (SSSR count). The fraction of sp³-hybridized carbons (Fsp3) is 0.733. The molecule has 0 aliphatic carbocycles. The number of nitrogens with one attached hydrogen (secondary N) is 1. The SMILES string of the molecule is CCNC(=NCC(c1cnn(C)c1)N(C)C)N1CCCC1.I. The lowest BCUT2D eigenvalue weighted by Gasteiger charge is -2.24. The number of hydrogen-bond donors (Lipinski definition) is 1. The summed E-state index contributed by atoms with van der Waals surface area (Å²) in [6.07, 6.45) is 6.54. The number of hydrogen-bond acceptors (Lipinski definition) is 3. The largest absolute Gasteiger partial charge is 0.357 e. The second-order valence-corrected chi connectivity index (χ2v) is 5.82. The van der Waals surface area contributed by atoms with Crippen molar-refractivity contribution in [2.24, 2.45) is 12.0 Å². The summed E-state index contributed by atoms with van der Waals surface area (Å²) in [7, 11) is 6.14. The Morgan fingerprint density at radius 2 is 2.09 bits per heavy atom. The van der Waals surface area contributed by atoms with E-state index in [1.165, 1.54) is 18.4 Å². The summed E-state index contributed by atoms with van der Waals surface area (Å²) in [5.41, 5.74) is 1.21. The molecule has 1 fully saturated rings. The van der Waals surface area contributed by atoms with Gasteiger partial charge in [0.1, 0.15) is 0 Å². The molecule has 1 aromatic heterocycles. The maximum atomic E-state index is 4.86. The number of halogens is 1. The van der Waals surface area contributed by atoms with E-state index in [1.807, 2.05) is 17.9 Å². The van der Waals surface area contributed by atoms with Crippen molar-refractivity contribution >= 4 is 29.9 Å². The first kappa shape index (κ1) is 19.2. The van der Waals surface area contributed by atoms with Crippen molar-refractivity contribution in [3.63, 3.8) is 0 Å². The normalized spacial score (nSPS) is 16.8. The number of aryl methyl sites for hydroxylation is 1. The zero-order valence-corrected chi connectivity index (χ0v) is 16.4. The van der Waals surface area contributed by atoms with Crippen molar-refractivity contribution in [2.45, 2.75) is 25.8 Å². The summed E-state index contributed by atoms with van der Waals surface area (Å²) in [5.74, 6) is 1.05. The van der Waals surface area contributed by atoms with Gasteiger partial charge in [-0.05, 0) is 33.9 Å². The predicted octanol–water partition coefficient (Wildman–Crippen LogP) is 1.70. The molecule has 0 radical (unpaired) electrons. The van der Waals surface area contributed by atoms with Crippen molar-refractivity contribution in [1.29, 1.82) is 0 Å². The number of aromatic nitrogens is 2. The van der Waals surface area contributed by atoms with E-state index in [4.69, 9.17) is 4.99 Å². The Hall–Kier alpha value is -0.830. The molecule has 2 heterocycles. The highest BCUT2D eigenvalue weighted by Crippen LogP contribution is 2.18. The van der Waals surface area contributed by atoms with Crippen LogP contribution in [0.5, 0.6) is 0 Å². The van der Waals surface area contributed by atoms with E-state index >= 15 is 0 Å². The molecule has 1 aliphatic heterocycles. The second kappa shape index (κ2) is 9.34. The van der Waals surface area contributed by atoms with Gasteiger partial charge in [-0.15, -0.1) is 24.0 Å². The van der Waals surface area contributed by atoms with Gasteiger partial charge < -0.3 is 15.1 Å². The van der Waals surface area contributed by atoms with Crippen molar-refractivity contribution in [1.82, 2.24) is 24.9 Å². The maximum Gasteiger partial charge on any atom is 0.193 e. The Morgan fingerprint density at radius 3 is 2.59 bits per heavy atom. The van der Waals surface area contributed by atoms with Crippen LogP contribution in [0.15, 0.2) is 17.4 Å². The fourth-order valence-corrected chi connectivity index (χ4v) is 2.71. The lowest BCUT2D eigenvalue weighted by molar-refractivity contribution is 0.305. The Morgan fingerprint density at radius 1 is 1.41 bits per heavy atom. The van der Waals surface area contributed by atoms with E-state index in [0.717, 1.165) is 32.1 Å². The summed E-state index contributed by atoms with van der Waals surface area (Å²) < 4.78 is 1.85. The summed E-state index contributed by atoms with van der Waals surface area (Å²) >= 11 is 0. The second-order valence-electron chi connectivity index (χ2n) is 5.82. The molecule has 22 heavy (non-hydrogen) atoms. The highest BCUT2D eigenvalue weighted by molar-refractivity contribution is 14.0. The van der Waals surface area contributed by atoms with Crippen LogP contribution in [0.25, 0.3) is 0 Å². The first-order valence-corrected chi connectivity index (χ1v) is 7.80. The number of likely N-dealkylation sites (N-methyl/N-ethyl adjacent to an activating group) is 1. The maximum absolute atomic E-state index is 4.86. The van der Waals surface area contributed by atoms with Crippen LogP contribution < -0.4 is 5.32 Å². The summed E-state index contributed by atoms with van der Waals surface area (Å²) in [4.78, 5) is 9.42. The van der Waals surface area contributed by atoms with Crippen LogP contribution >= 0.6 is 24.0 Å².